The second kappa shape index (κ2) is 9.73. The van der Waals surface area contributed by atoms with Gasteiger partial charge in [0.1, 0.15) is 11.3 Å². The minimum atomic E-state index is -3.15. The van der Waals surface area contributed by atoms with Crippen LogP contribution < -0.4 is 10.1 Å². The number of fused-ring (bicyclic) bond motifs is 1. The maximum absolute atomic E-state index is 11.6. The van der Waals surface area contributed by atoms with Gasteiger partial charge in [0.2, 0.25) is 5.95 Å². The van der Waals surface area contributed by atoms with Crippen LogP contribution in [0.4, 0.5) is 11.6 Å². The van der Waals surface area contributed by atoms with Crippen LogP contribution >= 0.6 is 0 Å². The zero-order chi connectivity index (χ0) is 23.4. The van der Waals surface area contributed by atoms with Crippen molar-refractivity contribution in [1.82, 2.24) is 9.97 Å². The highest BCUT2D eigenvalue weighted by Gasteiger charge is 2.23. The molecule has 2 aromatic carbocycles. The van der Waals surface area contributed by atoms with Gasteiger partial charge in [0.25, 0.3) is 0 Å². The number of sulfone groups is 1. The van der Waals surface area contributed by atoms with E-state index in [1.807, 2.05) is 18.2 Å². The first kappa shape index (κ1) is 23.0. The molecular formula is C24H26N4O4S. The predicted octanol–water partition coefficient (Wildman–Crippen LogP) is 3.67. The van der Waals surface area contributed by atoms with Gasteiger partial charge in [-0.15, -0.1) is 0 Å². The number of nitriles is 1. The number of nitrogens with zero attached hydrogens (tertiary/aromatic N) is 3. The number of benzene rings is 2. The van der Waals surface area contributed by atoms with Crippen molar-refractivity contribution in [3.63, 3.8) is 0 Å². The zero-order valence-electron chi connectivity index (χ0n) is 18.4. The van der Waals surface area contributed by atoms with E-state index in [4.69, 9.17) is 4.74 Å². The molecule has 2 N–H and O–H groups in total. The topological polar surface area (TPSA) is 125 Å². The molecule has 33 heavy (non-hydrogen) atoms. The van der Waals surface area contributed by atoms with Gasteiger partial charge in [-0.1, -0.05) is 24.3 Å². The molecule has 172 valence electrons. The smallest absolute Gasteiger partial charge is 0.227 e. The molecule has 1 saturated carbocycles. The van der Waals surface area contributed by atoms with E-state index in [0.29, 0.717) is 41.3 Å². The summed E-state index contributed by atoms with van der Waals surface area (Å²) in [6.45, 7) is 0. The summed E-state index contributed by atoms with van der Waals surface area (Å²) in [5, 5.41) is 23.0. The molecule has 3 aromatic rings. The van der Waals surface area contributed by atoms with Gasteiger partial charge in [-0.05, 0) is 43.4 Å². The fraction of sp³-hybridized carbons (Fsp3) is 0.375. The molecule has 0 atom stereocenters. The normalized spacial score (nSPS) is 18.6. The predicted molar refractivity (Wildman–Crippen MR) is 126 cm³/mol. The summed E-state index contributed by atoms with van der Waals surface area (Å²) in [7, 11) is -3.15. The van der Waals surface area contributed by atoms with Crippen LogP contribution in [0.25, 0.3) is 10.9 Å². The first-order valence-corrected chi connectivity index (χ1v) is 12.9. The second-order valence-electron chi connectivity index (χ2n) is 8.46. The number of aliphatic hydroxyl groups excluding tert-OH is 1. The lowest BCUT2D eigenvalue weighted by molar-refractivity contribution is 0.0668. The highest BCUT2D eigenvalue weighted by atomic mass is 32.2. The highest BCUT2D eigenvalue weighted by Crippen LogP contribution is 2.33. The average Bonchev–Trinajstić information content (AvgIpc) is 2.76. The Balaban J connectivity index is 1.66. The van der Waals surface area contributed by atoms with E-state index in [1.165, 1.54) is 6.26 Å². The van der Waals surface area contributed by atoms with Crippen LogP contribution in [0.3, 0.4) is 0 Å². The van der Waals surface area contributed by atoms with E-state index in [9.17, 15) is 18.8 Å². The molecule has 8 nitrogen and oxygen atoms in total. The Labute approximate surface area is 193 Å². The number of anilines is 2. The summed E-state index contributed by atoms with van der Waals surface area (Å²) >= 11 is 0. The van der Waals surface area contributed by atoms with Gasteiger partial charge in [-0.3, -0.25) is 0 Å². The van der Waals surface area contributed by atoms with Crippen molar-refractivity contribution in [1.29, 1.82) is 5.26 Å². The number of rotatable bonds is 7. The minimum absolute atomic E-state index is 0.0458. The fourth-order valence-corrected chi connectivity index (χ4v) is 4.81. The molecule has 0 aliphatic heterocycles. The second-order valence-corrected chi connectivity index (χ2v) is 10.6. The van der Waals surface area contributed by atoms with Gasteiger partial charge in [0, 0.05) is 29.1 Å². The van der Waals surface area contributed by atoms with Crippen molar-refractivity contribution in [3.8, 4) is 11.8 Å². The molecule has 0 unspecified atom stereocenters. The number of aliphatic hydroxyl groups is 1. The molecule has 1 aliphatic rings. The van der Waals surface area contributed by atoms with Crippen molar-refractivity contribution in [2.45, 2.75) is 50.1 Å². The molecular weight excluding hydrogens is 440 g/mol. The highest BCUT2D eigenvalue weighted by molar-refractivity contribution is 7.89. The molecule has 1 heterocycles. The SMILES string of the molecule is CS(=O)(=O)Cc1cccc(Nc2ncc3ccc(CC#N)c(O[C@H]4CC[C@@H](O)CC4)c3n2)c1. The van der Waals surface area contributed by atoms with Crippen molar-refractivity contribution in [3.05, 3.63) is 53.7 Å². The van der Waals surface area contributed by atoms with E-state index in [1.54, 1.807) is 24.4 Å². The van der Waals surface area contributed by atoms with Gasteiger partial charge in [0.15, 0.2) is 9.84 Å². The van der Waals surface area contributed by atoms with Gasteiger partial charge < -0.3 is 15.2 Å². The number of hydrogen-bond donors (Lipinski definition) is 2. The molecule has 1 aliphatic carbocycles. The average molecular weight is 467 g/mol. The Hall–Kier alpha value is -3.22. The third-order valence-electron chi connectivity index (χ3n) is 5.60. The van der Waals surface area contributed by atoms with Crippen LogP contribution in [0.1, 0.15) is 36.8 Å². The van der Waals surface area contributed by atoms with Crippen LogP contribution in [0.5, 0.6) is 5.75 Å². The molecule has 0 bridgehead atoms. The first-order valence-electron chi connectivity index (χ1n) is 10.8. The number of hydrogen-bond acceptors (Lipinski definition) is 8. The molecule has 0 radical (unpaired) electrons. The Morgan fingerprint density at radius 3 is 2.73 bits per heavy atom. The summed E-state index contributed by atoms with van der Waals surface area (Å²) in [5.74, 6) is 0.871. The third kappa shape index (κ3) is 5.97. The summed E-state index contributed by atoms with van der Waals surface area (Å²) in [6, 6.07) is 13.0. The first-order chi connectivity index (χ1) is 15.8. The van der Waals surface area contributed by atoms with Gasteiger partial charge in [-0.25, -0.2) is 18.4 Å². The van der Waals surface area contributed by atoms with Crippen molar-refractivity contribution >= 4 is 32.4 Å². The summed E-state index contributed by atoms with van der Waals surface area (Å²) < 4.78 is 29.6. The fourth-order valence-electron chi connectivity index (χ4n) is 4.03. The van der Waals surface area contributed by atoms with E-state index < -0.39 is 9.84 Å². The monoisotopic (exact) mass is 466 g/mol. The Morgan fingerprint density at radius 2 is 2.00 bits per heavy atom. The van der Waals surface area contributed by atoms with Gasteiger partial charge >= 0.3 is 0 Å². The molecule has 1 aromatic heterocycles. The van der Waals surface area contributed by atoms with E-state index in [0.717, 1.165) is 23.8 Å². The Bertz CT molecular complexity index is 1300. The summed E-state index contributed by atoms with van der Waals surface area (Å²) in [5.41, 5.74) is 2.71. The summed E-state index contributed by atoms with van der Waals surface area (Å²) in [4.78, 5) is 9.06. The quantitative estimate of drug-likeness (QED) is 0.540. The Morgan fingerprint density at radius 1 is 1.21 bits per heavy atom. The van der Waals surface area contributed by atoms with E-state index >= 15 is 0 Å². The lowest BCUT2D eigenvalue weighted by atomic mass is 9.95. The number of ether oxygens (including phenoxy) is 1. The van der Waals surface area contributed by atoms with Crippen molar-refractivity contribution in [2.24, 2.45) is 0 Å². The van der Waals surface area contributed by atoms with E-state index in [-0.39, 0.29) is 24.4 Å². The number of aromatic nitrogens is 2. The van der Waals surface area contributed by atoms with Crippen LogP contribution in [0.2, 0.25) is 0 Å². The van der Waals surface area contributed by atoms with Crippen LogP contribution in [0, 0.1) is 11.3 Å². The molecule has 0 amide bonds. The lowest BCUT2D eigenvalue weighted by Gasteiger charge is -2.27. The van der Waals surface area contributed by atoms with Gasteiger partial charge in [-0.2, -0.15) is 5.26 Å². The molecule has 0 saturated heterocycles. The molecule has 1 fully saturated rings. The molecule has 0 spiro atoms. The largest absolute Gasteiger partial charge is 0.488 e. The molecule has 4 rings (SSSR count). The van der Waals surface area contributed by atoms with E-state index in [2.05, 4.69) is 21.4 Å². The third-order valence-corrected chi connectivity index (χ3v) is 6.46. The zero-order valence-corrected chi connectivity index (χ0v) is 19.2. The maximum atomic E-state index is 11.6. The lowest BCUT2D eigenvalue weighted by Crippen LogP contribution is -2.27. The van der Waals surface area contributed by atoms with Crippen molar-refractivity contribution < 1.29 is 18.3 Å². The summed E-state index contributed by atoms with van der Waals surface area (Å²) in [6.07, 6.45) is 5.62. The van der Waals surface area contributed by atoms with Crippen molar-refractivity contribution in [2.75, 3.05) is 11.6 Å². The Kier molecular flexibility index (Phi) is 6.77. The van der Waals surface area contributed by atoms with Crippen LogP contribution in [-0.2, 0) is 22.0 Å². The van der Waals surface area contributed by atoms with Crippen LogP contribution in [0.15, 0.2) is 42.6 Å². The standard InChI is InChI=1S/C24H26N4O4S/c1-33(30,31)15-16-3-2-4-19(13-16)27-24-26-14-18-6-5-17(11-12-25)23(22(18)28-24)32-21-9-7-20(29)8-10-21/h2-6,13-14,20-21,29H,7-11,15H2,1H3,(H,26,27,28)/t20-,21+. The maximum Gasteiger partial charge on any atom is 0.227 e. The number of nitrogens with one attached hydrogen (secondary N) is 1. The molecule has 9 heteroatoms. The minimum Gasteiger partial charge on any atom is -0.488 e. The van der Waals surface area contributed by atoms with Crippen LogP contribution in [-0.4, -0.2) is 42.0 Å². The van der Waals surface area contributed by atoms with Gasteiger partial charge in [0.05, 0.1) is 30.5 Å².